The van der Waals surface area contributed by atoms with Crippen LogP contribution >= 0.6 is 11.6 Å². The van der Waals surface area contributed by atoms with Crippen molar-refractivity contribution in [1.29, 1.82) is 0 Å². The van der Waals surface area contributed by atoms with Gasteiger partial charge in [-0.05, 0) is 35.9 Å². The molecule has 0 saturated carbocycles. The number of rotatable bonds is 3. The molecule has 1 aromatic carbocycles. The lowest BCUT2D eigenvalue weighted by Gasteiger charge is -2.09. The lowest BCUT2D eigenvalue weighted by molar-refractivity contribution is 0.585. The Bertz CT molecular complexity index is 1410. The van der Waals surface area contributed by atoms with Crippen LogP contribution in [0.25, 0.3) is 39.2 Å². The van der Waals surface area contributed by atoms with Gasteiger partial charge in [-0.25, -0.2) is 23.7 Å². The highest BCUT2D eigenvalue weighted by Gasteiger charge is 2.14. The zero-order valence-corrected chi connectivity index (χ0v) is 16.3. The molecule has 148 valence electrons. The maximum atomic E-state index is 14.3. The van der Waals surface area contributed by atoms with Gasteiger partial charge in [-0.3, -0.25) is 9.25 Å². The molecule has 0 aliphatic rings. The lowest BCUT2D eigenvalue weighted by atomic mass is 10.1. The molecule has 0 unspecified atom stereocenters. The molecule has 5 aromatic rings. The Labute approximate surface area is 174 Å². The van der Waals surface area contributed by atoms with E-state index in [4.69, 9.17) is 11.6 Å². The summed E-state index contributed by atoms with van der Waals surface area (Å²) in [6.45, 7) is 0. The molecule has 0 bridgehead atoms. The van der Waals surface area contributed by atoms with E-state index in [0.29, 0.717) is 22.5 Å². The molecule has 9 heteroatoms. The Kier molecular flexibility index (Phi) is 4.29. The normalized spacial score (nSPS) is 11.3. The van der Waals surface area contributed by atoms with E-state index in [0.717, 1.165) is 17.2 Å². The lowest BCUT2D eigenvalue weighted by Crippen LogP contribution is -1.99. The second-order valence-electron chi connectivity index (χ2n) is 6.74. The van der Waals surface area contributed by atoms with Crippen molar-refractivity contribution in [3.8, 4) is 28.1 Å². The molecule has 6 nitrogen and oxygen atoms in total. The van der Waals surface area contributed by atoms with E-state index in [2.05, 4.69) is 20.1 Å². The molecule has 5 rings (SSSR count). The maximum Gasteiger partial charge on any atom is 0.165 e. The fraction of sp³-hybridized carbons (Fsp3) is 0.0476. The molecule has 0 saturated heterocycles. The van der Waals surface area contributed by atoms with Gasteiger partial charge in [0.1, 0.15) is 34.4 Å². The number of aryl methyl sites for hydroxylation is 1. The molecule has 0 N–H and O–H groups in total. The molecular formula is C21H13ClF2N6. The van der Waals surface area contributed by atoms with Gasteiger partial charge in [0.05, 0.1) is 6.20 Å². The van der Waals surface area contributed by atoms with Gasteiger partial charge in [0, 0.05) is 42.2 Å². The van der Waals surface area contributed by atoms with Crippen molar-refractivity contribution in [3.05, 3.63) is 78.1 Å². The van der Waals surface area contributed by atoms with Crippen molar-refractivity contribution in [2.75, 3.05) is 0 Å². The third-order valence-corrected chi connectivity index (χ3v) is 4.89. The molecule has 0 spiro atoms. The summed E-state index contributed by atoms with van der Waals surface area (Å²) in [5.74, 6) is -0.908. The molecule has 4 heterocycles. The van der Waals surface area contributed by atoms with E-state index in [1.54, 1.807) is 34.0 Å². The molecule has 4 aromatic heterocycles. The van der Waals surface area contributed by atoms with E-state index in [-0.39, 0.29) is 10.7 Å². The zero-order chi connectivity index (χ0) is 20.8. The molecule has 0 fully saturated rings. The smallest absolute Gasteiger partial charge is 0.165 e. The Hall–Kier alpha value is -3.65. The van der Waals surface area contributed by atoms with Gasteiger partial charge in [-0.15, -0.1) is 0 Å². The van der Waals surface area contributed by atoms with Gasteiger partial charge < -0.3 is 0 Å². The number of hydrogen-bond donors (Lipinski definition) is 0. The minimum atomic E-state index is -0.682. The number of imidazole rings is 1. The fourth-order valence-corrected chi connectivity index (χ4v) is 3.49. The van der Waals surface area contributed by atoms with Crippen LogP contribution in [0.15, 0.2) is 61.3 Å². The van der Waals surface area contributed by atoms with Crippen molar-refractivity contribution in [2.24, 2.45) is 7.05 Å². The van der Waals surface area contributed by atoms with Crippen LogP contribution in [-0.4, -0.2) is 29.3 Å². The Morgan fingerprint density at radius 3 is 2.57 bits per heavy atom. The number of halogens is 3. The van der Waals surface area contributed by atoms with Crippen LogP contribution in [0, 0.1) is 11.6 Å². The average molecular weight is 423 g/mol. The number of hydrogen-bond acceptors (Lipinski definition) is 4. The fourth-order valence-electron chi connectivity index (χ4n) is 3.28. The standard InChI is InChI=1S/C21H13ClF2N6/c1-29-10-14(9-27-29)13-4-18-21(25-8-13)30(11-26-18)20-6-12(5-19(22)28-20)16-3-2-15(23)7-17(16)24/h2-11H,1H3. The average Bonchev–Trinajstić information content (AvgIpc) is 3.33. The van der Waals surface area contributed by atoms with Gasteiger partial charge in [-0.2, -0.15) is 5.10 Å². The minimum absolute atomic E-state index is 0.167. The first-order chi connectivity index (χ1) is 14.5. The van der Waals surface area contributed by atoms with Crippen molar-refractivity contribution in [2.45, 2.75) is 0 Å². The number of aromatic nitrogens is 6. The topological polar surface area (TPSA) is 61.4 Å². The number of pyridine rings is 2. The molecular weight excluding hydrogens is 410 g/mol. The highest BCUT2D eigenvalue weighted by atomic mass is 35.5. The van der Waals surface area contributed by atoms with Crippen LogP contribution in [0.4, 0.5) is 8.78 Å². The summed E-state index contributed by atoms with van der Waals surface area (Å²) in [7, 11) is 1.84. The minimum Gasteiger partial charge on any atom is -0.275 e. The monoisotopic (exact) mass is 422 g/mol. The summed E-state index contributed by atoms with van der Waals surface area (Å²) in [5, 5.41) is 4.34. The Morgan fingerprint density at radius 1 is 0.933 bits per heavy atom. The molecule has 0 aliphatic carbocycles. The summed E-state index contributed by atoms with van der Waals surface area (Å²) >= 11 is 6.19. The largest absolute Gasteiger partial charge is 0.275 e. The van der Waals surface area contributed by atoms with Gasteiger partial charge in [0.2, 0.25) is 0 Å². The van der Waals surface area contributed by atoms with Gasteiger partial charge in [0.25, 0.3) is 0 Å². The van der Waals surface area contributed by atoms with E-state index >= 15 is 0 Å². The zero-order valence-electron chi connectivity index (χ0n) is 15.6. The van der Waals surface area contributed by atoms with Crippen molar-refractivity contribution in [1.82, 2.24) is 29.3 Å². The summed E-state index contributed by atoms with van der Waals surface area (Å²) in [6, 6.07) is 8.47. The van der Waals surface area contributed by atoms with E-state index in [9.17, 15) is 8.78 Å². The number of benzene rings is 1. The summed E-state index contributed by atoms with van der Waals surface area (Å²) in [6.07, 6.45) is 6.94. The van der Waals surface area contributed by atoms with Crippen LogP contribution in [0.5, 0.6) is 0 Å². The first-order valence-electron chi connectivity index (χ1n) is 8.93. The van der Waals surface area contributed by atoms with Gasteiger partial charge >= 0.3 is 0 Å². The highest BCUT2D eigenvalue weighted by molar-refractivity contribution is 6.29. The first-order valence-corrected chi connectivity index (χ1v) is 9.31. The highest BCUT2D eigenvalue weighted by Crippen LogP contribution is 2.29. The second-order valence-corrected chi connectivity index (χ2v) is 7.13. The predicted octanol–water partition coefficient (Wildman–Crippen LogP) is 4.81. The molecule has 0 amide bonds. The van der Waals surface area contributed by atoms with Crippen molar-refractivity contribution >= 4 is 22.8 Å². The molecule has 0 aliphatic heterocycles. The summed E-state index contributed by atoms with van der Waals surface area (Å²) in [4.78, 5) is 13.3. The Morgan fingerprint density at radius 2 is 1.80 bits per heavy atom. The summed E-state index contributed by atoms with van der Waals surface area (Å²) in [5.41, 5.74) is 3.73. The first kappa shape index (κ1) is 18.4. The molecule has 0 radical (unpaired) electrons. The molecule has 30 heavy (non-hydrogen) atoms. The van der Waals surface area contributed by atoms with Crippen LogP contribution in [0.1, 0.15) is 0 Å². The number of nitrogens with zero attached hydrogens (tertiary/aromatic N) is 6. The maximum absolute atomic E-state index is 14.3. The van der Waals surface area contributed by atoms with E-state index in [1.807, 2.05) is 19.3 Å². The van der Waals surface area contributed by atoms with Crippen molar-refractivity contribution < 1.29 is 8.78 Å². The summed E-state index contributed by atoms with van der Waals surface area (Å²) < 4.78 is 30.9. The van der Waals surface area contributed by atoms with Crippen LogP contribution < -0.4 is 0 Å². The van der Waals surface area contributed by atoms with E-state index in [1.165, 1.54) is 18.2 Å². The van der Waals surface area contributed by atoms with Gasteiger partial charge in [0.15, 0.2) is 5.65 Å². The number of fused-ring (bicyclic) bond motifs is 1. The third kappa shape index (κ3) is 3.21. The predicted molar refractivity (Wildman–Crippen MR) is 109 cm³/mol. The third-order valence-electron chi connectivity index (χ3n) is 4.70. The second kappa shape index (κ2) is 7.00. The van der Waals surface area contributed by atoms with Crippen molar-refractivity contribution in [3.63, 3.8) is 0 Å². The van der Waals surface area contributed by atoms with Crippen LogP contribution in [-0.2, 0) is 7.05 Å². The molecule has 0 atom stereocenters. The quantitative estimate of drug-likeness (QED) is 0.391. The van der Waals surface area contributed by atoms with E-state index < -0.39 is 11.6 Å². The van der Waals surface area contributed by atoms with Crippen LogP contribution in [0.3, 0.4) is 0 Å². The SMILES string of the molecule is Cn1cc(-c2cnc3c(c2)ncn3-c2cc(-c3ccc(F)cc3F)cc(Cl)n2)cn1. The Balaban J connectivity index is 1.61. The van der Waals surface area contributed by atoms with Gasteiger partial charge in [-0.1, -0.05) is 11.6 Å². The van der Waals surface area contributed by atoms with Crippen LogP contribution in [0.2, 0.25) is 5.15 Å².